The summed E-state index contributed by atoms with van der Waals surface area (Å²) in [5.41, 5.74) is -0.179. The standard InChI is InChI=1S/C13H9ClN6O4/c14-7-1-2-9(20(23)24)10(3-7)19-6-11(21)12(18-19)13(22)17-8-4-15-16-5-8/h1-6,21H,(H,15,16)(H,17,22). The molecular weight excluding hydrogens is 340 g/mol. The van der Waals surface area contributed by atoms with Crippen LogP contribution in [-0.4, -0.2) is 35.9 Å². The van der Waals surface area contributed by atoms with Crippen molar-refractivity contribution in [2.75, 3.05) is 5.32 Å². The molecule has 0 spiro atoms. The fourth-order valence-electron chi connectivity index (χ4n) is 1.99. The lowest BCUT2D eigenvalue weighted by Gasteiger charge is -2.03. The number of anilines is 1. The van der Waals surface area contributed by atoms with Gasteiger partial charge in [-0.15, -0.1) is 0 Å². The van der Waals surface area contributed by atoms with Crippen LogP contribution in [0.5, 0.6) is 5.75 Å². The van der Waals surface area contributed by atoms with Gasteiger partial charge in [0.1, 0.15) is 5.69 Å². The van der Waals surface area contributed by atoms with E-state index in [-0.39, 0.29) is 22.1 Å². The number of H-pyrrole nitrogens is 1. The fraction of sp³-hybridized carbons (Fsp3) is 0. The molecule has 0 bridgehead atoms. The number of rotatable bonds is 4. The predicted octanol–water partition coefficient (Wildman–Crippen LogP) is 2.11. The molecule has 3 rings (SSSR count). The molecule has 3 aromatic rings. The highest BCUT2D eigenvalue weighted by Crippen LogP contribution is 2.28. The van der Waals surface area contributed by atoms with Gasteiger partial charge in [0.2, 0.25) is 0 Å². The number of halogens is 1. The summed E-state index contributed by atoms with van der Waals surface area (Å²) < 4.78 is 1.02. The van der Waals surface area contributed by atoms with Crippen LogP contribution in [0.25, 0.3) is 5.69 Å². The average molecular weight is 349 g/mol. The van der Waals surface area contributed by atoms with E-state index in [0.29, 0.717) is 5.69 Å². The highest BCUT2D eigenvalue weighted by molar-refractivity contribution is 6.30. The molecule has 0 unspecified atom stereocenters. The molecule has 0 aliphatic heterocycles. The van der Waals surface area contributed by atoms with Crippen LogP contribution >= 0.6 is 11.6 Å². The summed E-state index contributed by atoms with van der Waals surface area (Å²) in [6.07, 6.45) is 3.89. The van der Waals surface area contributed by atoms with Crippen LogP contribution in [0.2, 0.25) is 5.02 Å². The molecule has 11 heteroatoms. The monoisotopic (exact) mass is 348 g/mol. The third kappa shape index (κ3) is 2.90. The normalized spacial score (nSPS) is 10.5. The maximum atomic E-state index is 12.1. The summed E-state index contributed by atoms with van der Waals surface area (Å²) in [4.78, 5) is 22.6. The quantitative estimate of drug-likeness (QED) is 0.487. The molecule has 0 radical (unpaired) electrons. The molecule has 122 valence electrons. The van der Waals surface area contributed by atoms with Gasteiger partial charge in [-0.2, -0.15) is 10.2 Å². The Balaban J connectivity index is 1.99. The fourth-order valence-corrected chi connectivity index (χ4v) is 2.16. The minimum Gasteiger partial charge on any atom is -0.504 e. The molecule has 1 aromatic carbocycles. The number of amides is 1. The number of aromatic amines is 1. The zero-order chi connectivity index (χ0) is 17.3. The second-order valence-corrected chi connectivity index (χ2v) is 5.08. The van der Waals surface area contributed by atoms with Gasteiger partial charge in [-0.1, -0.05) is 11.6 Å². The predicted molar refractivity (Wildman–Crippen MR) is 83.4 cm³/mol. The van der Waals surface area contributed by atoms with E-state index in [1.807, 2.05) is 0 Å². The zero-order valence-electron chi connectivity index (χ0n) is 11.8. The van der Waals surface area contributed by atoms with Gasteiger partial charge in [-0.3, -0.25) is 20.0 Å². The van der Waals surface area contributed by atoms with Gasteiger partial charge in [0, 0.05) is 17.3 Å². The number of hydrogen-bond donors (Lipinski definition) is 3. The minimum atomic E-state index is -0.697. The van der Waals surface area contributed by atoms with Gasteiger partial charge in [0.15, 0.2) is 11.4 Å². The summed E-state index contributed by atoms with van der Waals surface area (Å²) in [6.45, 7) is 0. The Labute approximate surface area is 138 Å². The maximum Gasteiger partial charge on any atom is 0.294 e. The first-order chi connectivity index (χ1) is 11.5. The molecule has 0 aliphatic rings. The van der Waals surface area contributed by atoms with E-state index in [0.717, 1.165) is 10.9 Å². The van der Waals surface area contributed by atoms with Gasteiger partial charge in [0.25, 0.3) is 11.6 Å². The summed E-state index contributed by atoms with van der Waals surface area (Å²) in [5, 5.41) is 33.8. The first-order valence-electron chi connectivity index (χ1n) is 6.49. The first-order valence-corrected chi connectivity index (χ1v) is 6.86. The van der Waals surface area contributed by atoms with Crippen molar-refractivity contribution in [3.8, 4) is 11.4 Å². The van der Waals surface area contributed by atoms with Crippen LogP contribution < -0.4 is 5.32 Å². The van der Waals surface area contributed by atoms with E-state index in [4.69, 9.17) is 11.6 Å². The van der Waals surface area contributed by atoms with Crippen molar-refractivity contribution in [1.82, 2.24) is 20.0 Å². The Morgan fingerprint density at radius 3 is 2.92 bits per heavy atom. The van der Waals surface area contributed by atoms with Crippen molar-refractivity contribution in [3.63, 3.8) is 0 Å². The number of aromatic hydroxyl groups is 1. The molecule has 0 aliphatic carbocycles. The van der Waals surface area contributed by atoms with Gasteiger partial charge in [-0.05, 0) is 12.1 Å². The largest absolute Gasteiger partial charge is 0.504 e. The molecule has 0 saturated carbocycles. The Bertz CT molecular complexity index is 921. The van der Waals surface area contributed by atoms with E-state index in [2.05, 4.69) is 20.6 Å². The molecule has 1 amide bonds. The van der Waals surface area contributed by atoms with Crippen LogP contribution in [0, 0.1) is 10.1 Å². The zero-order valence-corrected chi connectivity index (χ0v) is 12.6. The SMILES string of the molecule is O=C(Nc1cn[nH]c1)c1nn(-c2cc(Cl)ccc2[N+](=O)[O-])cc1O. The smallest absolute Gasteiger partial charge is 0.294 e. The van der Waals surface area contributed by atoms with Crippen molar-refractivity contribution < 1.29 is 14.8 Å². The van der Waals surface area contributed by atoms with E-state index in [1.54, 1.807) is 0 Å². The summed E-state index contributed by atoms with van der Waals surface area (Å²) in [5.74, 6) is -1.14. The number of hydrogen-bond acceptors (Lipinski definition) is 6. The molecule has 10 nitrogen and oxygen atoms in total. The number of nitrogens with zero attached hydrogens (tertiary/aromatic N) is 4. The van der Waals surface area contributed by atoms with Gasteiger partial charge < -0.3 is 10.4 Å². The third-order valence-electron chi connectivity index (χ3n) is 3.05. The van der Waals surface area contributed by atoms with E-state index >= 15 is 0 Å². The molecule has 2 aromatic heterocycles. The molecule has 0 fully saturated rings. The van der Waals surface area contributed by atoms with Crippen molar-refractivity contribution >= 4 is 28.9 Å². The Morgan fingerprint density at radius 2 is 2.25 bits per heavy atom. The molecule has 24 heavy (non-hydrogen) atoms. The minimum absolute atomic E-state index is 0.0187. The molecule has 0 atom stereocenters. The topological polar surface area (TPSA) is 139 Å². The van der Waals surface area contributed by atoms with Gasteiger partial charge >= 0.3 is 0 Å². The lowest BCUT2D eigenvalue weighted by Crippen LogP contribution is -2.13. The lowest BCUT2D eigenvalue weighted by atomic mass is 10.2. The first kappa shape index (κ1) is 15.5. The van der Waals surface area contributed by atoms with Gasteiger partial charge in [0.05, 0.1) is 23.0 Å². The average Bonchev–Trinajstić information content (AvgIpc) is 3.16. The second-order valence-electron chi connectivity index (χ2n) is 4.64. The summed E-state index contributed by atoms with van der Waals surface area (Å²) >= 11 is 5.86. The highest BCUT2D eigenvalue weighted by atomic mass is 35.5. The molecular formula is C13H9ClN6O4. The van der Waals surface area contributed by atoms with E-state index < -0.39 is 16.6 Å². The van der Waals surface area contributed by atoms with Gasteiger partial charge in [-0.25, -0.2) is 4.68 Å². The lowest BCUT2D eigenvalue weighted by molar-refractivity contribution is -0.384. The highest BCUT2D eigenvalue weighted by Gasteiger charge is 2.22. The Hall–Kier alpha value is -3.40. The third-order valence-corrected chi connectivity index (χ3v) is 3.28. The van der Waals surface area contributed by atoms with Crippen molar-refractivity contribution in [1.29, 1.82) is 0 Å². The Morgan fingerprint density at radius 1 is 1.46 bits per heavy atom. The van der Waals surface area contributed by atoms with E-state index in [9.17, 15) is 20.0 Å². The van der Waals surface area contributed by atoms with Crippen LogP contribution in [0.3, 0.4) is 0 Å². The number of carbonyl (C=O) groups is 1. The van der Waals surface area contributed by atoms with Crippen LogP contribution in [0.4, 0.5) is 11.4 Å². The van der Waals surface area contributed by atoms with Crippen molar-refractivity contribution in [2.45, 2.75) is 0 Å². The van der Waals surface area contributed by atoms with Crippen LogP contribution in [-0.2, 0) is 0 Å². The summed E-state index contributed by atoms with van der Waals surface area (Å²) in [7, 11) is 0. The van der Waals surface area contributed by atoms with Crippen LogP contribution in [0.15, 0.2) is 36.8 Å². The summed E-state index contributed by atoms with van der Waals surface area (Å²) in [6, 6.07) is 3.88. The van der Waals surface area contributed by atoms with E-state index in [1.165, 1.54) is 30.6 Å². The van der Waals surface area contributed by atoms with Crippen molar-refractivity contribution in [3.05, 3.63) is 57.6 Å². The molecule has 3 N–H and O–H groups in total. The maximum absolute atomic E-state index is 12.1. The number of carbonyl (C=O) groups excluding carboxylic acids is 1. The molecule has 0 saturated heterocycles. The number of aromatic nitrogens is 4. The number of nitro benzene ring substituents is 1. The van der Waals surface area contributed by atoms with Crippen molar-refractivity contribution in [2.24, 2.45) is 0 Å². The Kier molecular flexibility index (Phi) is 3.88. The van der Waals surface area contributed by atoms with Crippen LogP contribution in [0.1, 0.15) is 10.5 Å². The molecule has 2 heterocycles. The second kappa shape index (κ2) is 6.01. The number of nitro groups is 1. The number of benzene rings is 1. The number of nitrogens with one attached hydrogen (secondary N) is 2.